The molecule has 2 aromatic carbocycles. The second-order valence-corrected chi connectivity index (χ2v) is 5.87. The van der Waals surface area contributed by atoms with Gasteiger partial charge in [-0.25, -0.2) is 0 Å². The molecule has 0 spiro atoms. The summed E-state index contributed by atoms with van der Waals surface area (Å²) in [5.74, 6) is 0.136. The molecule has 2 aromatic rings. The zero-order chi connectivity index (χ0) is 16.9. The predicted molar refractivity (Wildman–Crippen MR) is 99.7 cm³/mol. The first-order valence-electron chi connectivity index (χ1n) is 7.98. The molecule has 0 fully saturated rings. The van der Waals surface area contributed by atoms with Crippen LogP contribution < -0.4 is 5.01 Å². The van der Waals surface area contributed by atoms with Crippen LogP contribution in [-0.4, -0.2) is 19.0 Å². The van der Waals surface area contributed by atoms with E-state index in [9.17, 15) is 4.79 Å². The van der Waals surface area contributed by atoms with Crippen molar-refractivity contribution >= 4 is 17.7 Å². The molecular weight excluding hydrogens is 296 g/mol. The Morgan fingerprint density at radius 2 is 1.79 bits per heavy atom. The Morgan fingerprint density at radius 1 is 1.08 bits per heavy atom. The summed E-state index contributed by atoms with van der Waals surface area (Å²) in [6.07, 6.45) is 6.34. The lowest BCUT2D eigenvalue weighted by Crippen LogP contribution is -2.07. The third kappa shape index (κ3) is 3.51. The van der Waals surface area contributed by atoms with Gasteiger partial charge in [-0.3, -0.25) is 9.80 Å². The van der Waals surface area contributed by atoms with Crippen LogP contribution in [0.4, 0.5) is 5.69 Å². The lowest BCUT2D eigenvalue weighted by Gasteiger charge is -2.11. The second kappa shape index (κ2) is 7.09. The molecule has 3 rings (SSSR count). The van der Waals surface area contributed by atoms with Gasteiger partial charge in [-0.1, -0.05) is 48.5 Å². The number of hydrogen-bond donors (Lipinski definition) is 0. The highest BCUT2D eigenvalue weighted by Gasteiger charge is 2.23. The fraction of sp³-hybridized carbons (Fsp3) is 0.143. The van der Waals surface area contributed by atoms with E-state index in [2.05, 4.69) is 5.10 Å². The fourth-order valence-electron chi connectivity index (χ4n) is 2.76. The molecule has 3 nitrogen and oxygen atoms in total. The van der Waals surface area contributed by atoms with E-state index in [0.29, 0.717) is 6.42 Å². The number of fused-ring (bicyclic) bond motifs is 1. The number of allylic oxidation sites excluding steroid dienone is 4. The van der Waals surface area contributed by atoms with Crippen molar-refractivity contribution in [3.8, 4) is 0 Å². The molecule has 1 aliphatic carbocycles. The zero-order valence-corrected chi connectivity index (χ0v) is 13.9. The quantitative estimate of drug-likeness (QED) is 0.475. The highest BCUT2D eigenvalue weighted by Crippen LogP contribution is 2.26. The first-order chi connectivity index (χ1) is 11.6. The topological polar surface area (TPSA) is 32.7 Å². The SMILES string of the molecule is CC(/C=C1/Cc2ccccc2C1=O)=C\C=N/N(C)c1ccccc1. The highest BCUT2D eigenvalue weighted by molar-refractivity contribution is 6.13. The minimum Gasteiger partial charge on any atom is -0.289 e. The number of hydrazone groups is 1. The van der Waals surface area contributed by atoms with Crippen LogP contribution in [0.25, 0.3) is 0 Å². The number of nitrogens with zero attached hydrogens (tertiary/aromatic N) is 2. The van der Waals surface area contributed by atoms with Crippen LogP contribution in [0.15, 0.2) is 83.0 Å². The number of hydrogen-bond acceptors (Lipinski definition) is 3. The minimum atomic E-state index is 0.136. The van der Waals surface area contributed by atoms with Gasteiger partial charge in [0.1, 0.15) is 0 Å². The number of carbonyl (C=O) groups excluding carboxylic acids is 1. The molecule has 0 saturated heterocycles. The van der Waals surface area contributed by atoms with Gasteiger partial charge in [0.15, 0.2) is 5.78 Å². The summed E-state index contributed by atoms with van der Waals surface area (Å²) in [4.78, 5) is 12.4. The van der Waals surface area contributed by atoms with E-state index in [1.165, 1.54) is 0 Å². The Kier molecular flexibility index (Phi) is 4.71. The van der Waals surface area contributed by atoms with E-state index in [-0.39, 0.29) is 5.78 Å². The van der Waals surface area contributed by atoms with Crippen LogP contribution in [0.2, 0.25) is 0 Å². The average Bonchev–Trinajstić information content (AvgIpc) is 2.92. The average molecular weight is 316 g/mol. The Hall–Kier alpha value is -2.94. The van der Waals surface area contributed by atoms with Crippen molar-refractivity contribution in [1.29, 1.82) is 0 Å². The zero-order valence-electron chi connectivity index (χ0n) is 13.9. The Bertz CT molecular complexity index is 832. The fourth-order valence-corrected chi connectivity index (χ4v) is 2.76. The molecule has 0 saturated carbocycles. The maximum Gasteiger partial charge on any atom is 0.189 e. The van der Waals surface area contributed by atoms with Crippen LogP contribution in [0, 0.1) is 0 Å². The van der Waals surface area contributed by atoms with E-state index in [0.717, 1.165) is 28.0 Å². The lowest BCUT2D eigenvalue weighted by atomic mass is 10.1. The second-order valence-electron chi connectivity index (χ2n) is 5.87. The molecule has 24 heavy (non-hydrogen) atoms. The maximum absolute atomic E-state index is 12.4. The maximum atomic E-state index is 12.4. The van der Waals surface area contributed by atoms with Crippen molar-refractivity contribution in [2.45, 2.75) is 13.3 Å². The van der Waals surface area contributed by atoms with Crippen LogP contribution in [0.5, 0.6) is 0 Å². The molecule has 0 amide bonds. The molecule has 0 heterocycles. The number of anilines is 1. The molecule has 0 atom stereocenters. The highest BCUT2D eigenvalue weighted by atomic mass is 16.1. The number of rotatable bonds is 4. The first kappa shape index (κ1) is 15.9. The van der Waals surface area contributed by atoms with Gasteiger partial charge in [0, 0.05) is 30.8 Å². The Morgan fingerprint density at radius 3 is 2.54 bits per heavy atom. The smallest absolute Gasteiger partial charge is 0.189 e. The van der Waals surface area contributed by atoms with Gasteiger partial charge in [0.25, 0.3) is 0 Å². The molecule has 120 valence electrons. The third-order valence-electron chi connectivity index (χ3n) is 4.04. The van der Waals surface area contributed by atoms with Gasteiger partial charge in [-0.2, -0.15) is 5.10 Å². The van der Waals surface area contributed by atoms with E-state index >= 15 is 0 Å². The molecule has 0 bridgehead atoms. The van der Waals surface area contributed by atoms with Crippen molar-refractivity contribution in [2.24, 2.45) is 5.10 Å². The summed E-state index contributed by atoms with van der Waals surface area (Å²) < 4.78 is 0. The third-order valence-corrected chi connectivity index (χ3v) is 4.04. The molecule has 0 N–H and O–H groups in total. The molecule has 3 heteroatoms. The largest absolute Gasteiger partial charge is 0.289 e. The number of benzene rings is 2. The molecule has 0 aromatic heterocycles. The van der Waals surface area contributed by atoms with Crippen molar-refractivity contribution in [3.63, 3.8) is 0 Å². The Labute approximate surface area is 142 Å². The van der Waals surface area contributed by atoms with E-state index in [1.54, 1.807) is 6.21 Å². The van der Waals surface area contributed by atoms with Crippen LogP contribution in [0.1, 0.15) is 22.8 Å². The summed E-state index contributed by atoms with van der Waals surface area (Å²) in [6, 6.07) is 17.8. The monoisotopic (exact) mass is 316 g/mol. The van der Waals surface area contributed by atoms with Crippen molar-refractivity contribution in [2.75, 3.05) is 12.1 Å². The summed E-state index contributed by atoms with van der Waals surface area (Å²) in [5, 5.41) is 6.20. The predicted octanol–water partition coefficient (Wildman–Crippen LogP) is 4.42. The molecule has 1 aliphatic rings. The standard InChI is InChI=1S/C21H20N2O/c1-16(12-13-22-23(2)19-9-4-3-5-10-19)14-18-15-17-8-6-7-11-20(17)21(18)24/h3-14H,15H2,1-2H3/b16-12+,18-14-,22-13-. The Balaban J connectivity index is 1.69. The van der Waals surface area contributed by atoms with Gasteiger partial charge in [-0.05, 0) is 36.3 Å². The number of para-hydroxylation sites is 1. The first-order valence-corrected chi connectivity index (χ1v) is 7.98. The molecule has 0 aliphatic heterocycles. The number of ketones is 1. The van der Waals surface area contributed by atoms with Gasteiger partial charge in [0.05, 0.1) is 5.69 Å². The summed E-state index contributed by atoms with van der Waals surface area (Å²) in [5.41, 5.74) is 4.82. The van der Waals surface area contributed by atoms with Crippen LogP contribution in [0.3, 0.4) is 0 Å². The summed E-state index contributed by atoms with van der Waals surface area (Å²) in [7, 11) is 1.91. The van der Waals surface area contributed by atoms with E-state index < -0.39 is 0 Å². The summed E-state index contributed by atoms with van der Waals surface area (Å²) >= 11 is 0. The van der Waals surface area contributed by atoms with Gasteiger partial charge in [-0.15, -0.1) is 0 Å². The van der Waals surface area contributed by atoms with Gasteiger partial charge < -0.3 is 0 Å². The molecular formula is C21H20N2O. The number of carbonyl (C=O) groups is 1. The van der Waals surface area contributed by atoms with Crippen LogP contribution >= 0.6 is 0 Å². The van der Waals surface area contributed by atoms with Crippen molar-refractivity contribution in [3.05, 3.63) is 89.0 Å². The van der Waals surface area contributed by atoms with Gasteiger partial charge in [0.2, 0.25) is 0 Å². The van der Waals surface area contributed by atoms with Crippen LogP contribution in [-0.2, 0) is 6.42 Å². The minimum absolute atomic E-state index is 0.136. The van der Waals surface area contributed by atoms with Gasteiger partial charge >= 0.3 is 0 Å². The number of Topliss-reactive ketones (excluding diaryl/α,β-unsaturated/α-hetero) is 1. The van der Waals surface area contributed by atoms with E-state index in [1.807, 2.05) is 85.7 Å². The van der Waals surface area contributed by atoms with E-state index in [4.69, 9.17) is 0 Å². The molecule has 0 radical (unpaired) electrons. The normalized spacial score (nSPS) is 16.0. The lowest BCUT2D eigenvalue weighted by molar-refractivity contribution is 0.103. The summed E-state index contributed by atoms with van der Waals surface area (Å²) in [6.45, 7) is 1.98. The van der Waals surface area contributed by atoms with Crippen molar-refractivity contribution < 1.29 is 4.79 Å². The van der Waals surface area contributed by atoms with Crippen molar-refractivity contribution in [1.82, 2.24) is 0 Å². The molecule has 0 unspecified atom stereocenters.